The average molecular weight is 455 g/mol. The predicted molar refractivity (Wildman–Crippen MR) is 121 cm³/mol. The number of nitrogens with zero attached hydrogens (tertiary/aromatic N) is 4. The van der Waals surface area contributed by atoms with Crippen molar-refractivity contribution in [3.63, 3.8) is 0 Å². The van der Waals surface area contributed by atoms with Crippen LogP contribution in [0.3, 0.4) is 0 Å². The van der Waals surface area contributed by atoms with Gasteiger partial charge in [0.25, 0.3) is 5.89 Å². The maximum absolute atomic E-state index is 13.3. The van der Waals surface area contributed by atoms with Gasteiger partial charge in [0.2, 0.25) is 17.7 Å². The van der Waals surface area contributed by atoms with Crippen LogP contribution in [0.4, 0.5) is 5.69 Å². The van der Waals surface area contributed by atoms with Crippen molar-refractivity contribution in [2.24, 2.45) is 5.92 Å². The summed E-state index contributed by atoms with van der Waals surface area (Å²) in [6, 6.07) is 11.7. The molecule has 1 saturated heterocycles. The van der Waals surface area contributed by atoms with Gasteiger partial charge in [0.1, 0.15) is 0 Å². The van der Waals surface area contributed by atoms with Crippen molar-refractivity contribution in [3.05, 3.63) is 53.2 Å². The SMILES string of the molecule is CCc1ccc(N2C[C@@H](C(=O)N(CCOC)Cc3nnc(-c4cccs4)o3)CC2=O)cc1. The number of benzene rings is 1. The molecule has 1 aliphatic rings. The normalized spacial score (nSPS) is 16.0. The zero-order chi connectivity index (χ0) is 22.5. The van der Waals surface area contributed by atoms with Crippen molar-refractivity contribution in [3.8, 4) is 10.8 Å². The van der Waals surface area contributed by atoms with Crippen LogP contribution in [0, 0.1) is 5.92 Å². The second-order valence-corrected chi connectivity index (χ2v) is 8.60. The lowest BCUT2D eigenvalue weighted by Crippen LogP contribution is -2.39. The van der Waals surface area contributed by atoms with Crippen LogP contribution in [-0.2, 0) is 27.3 Å². The minimum Gasteiger partial charge on any atom is -0.418 e. The molecule has 0 saturated carbocycles. The summed E-state index contributed by atoms with van der Waals surface area (Å²) in [6.45, 7) is 3.38. The van der Waals surface area contributed by atoms with Crippen molar-refractivity contribution in [2.75, 3.05) is 31.7 Å². The second kappa shape index (κ2) is 10.1. The van der Waals surface area contributed by atoms with Gasteiger partial charge in [-0.15, -0.1) is 21.5 Å². The van der Waals surface area contributed by atoms with E-state index >= 15 is 0 Å². The first-order chi connectivity index (χ1) is 15.6. The first kappa shape index (κ1) is 22.2. The highest BCUT2D eigenvalue weighted by Crippen LogP contribution is 2.28. The Kier molecular flexibility index (Phi) is 6.96. The summed E-state index contributed by atoms with van der Waals surface area (Å²) in [5.41, 5.74) is 2.03. The third-order valence-corrected chi connectivity index (χ3v) is 6.39. The summed E-state index contributed by atoms with van der Waals surface area (Å²) in [4.78, 5) is 30.2. The molecule has 0 bridgehead atoms. The molecule has 0 unspecified atom stereocenters. The Labute approximate surface area is 190 Å². The van der Waals surface area contributed by atoms with Gasteiger partial charge in [-0.25, -0.2) is 0 Å². The first-order valence-corrected chi connectivity index (χ1v) is 11.5. The van der Waals surface area contributed by atoms with E-state index in [2.05, 4.69) is 17.1 Å². The molecular formula is C23H26N4O4S. The molecule has 168 valence electrons. The molecule has 0 spiro atoms. The Morgan fingerprint density at radius 1 is 1.28 bits per heavy atom. The van der Waals surface area contributed by atoms with Crippen molar-refractivity contribution >= 4 is 28.8 Å². The van der Waals surface area contributed by atoms with Crippen LogP contribution in [0.25, 0.3) is 10.8 Å². The van der Waals surface area contributed by atoms with Crippen LogP contribution in [0.15, 0.2) is 46.2 Å². The van der Waals surface area contributed by atoms with E-state index in [4.69, 9.17) is 9.15 Å². The Morgan fingerprint density at radius 2 is 2.09 bits per heavy atom. The minimum atomic E-state index is -0.426. The van der Waals surface area contributed by atoms with Crippen molar-refractivity contribution in [1.29, 1.82) is 0 Å². The van der Waals surface area contributed by atoms with E-state index in [1.165, 1.54) is 16.9 Å². The molecule has 1 fully saturated rings. The molecule has 4 rings (SSSR count). The number of carbonyl (C=O) groups excluding carboxylic acids is 2. The molecule has 3 heterocycles. The molecule has 1 aromatic carbocycles. The van der Waals surface area contributed by atoms with Gasteiger partial charge in [-0.05, 0) is 35.6 Å². The second-order valence-electron chi connectivity index (χ2n) is 7.66. The van der Waals surface area contributed by atoms with E-state index in [0.29, 0.717) is 31.5 Å². The van der Waals surface area contributed by atoms with Crippen molar-refractivity contribution in [1.82, 2.24) is 15.1 Å². The number of ether oxygens (including phenoxy) is 1. The van der Waals surface area contributed by atoms with Crippen LogP contribution in [-0.4, -0.2) is 53.7 Å². The number of aryl methyl sites for hydroxylation is 1. The maximum Gasteiger partial charge on any atom is 0.257 e. The number of anilines is 1. The van der Waals surface area contributed by atoms with Gasteiger partial charge in [0.15, 0.2) is 0 Å². The Bertz CT molecular complexity index is 1050. The molecule has 0 N–H and O–H groups in total. The highest BCUT2D eigenvalue weighted by atomic mass is 32.1. The molecular weight excluding hydrogens is 428 g/mol. The highest BCUT2D eigenvalue weighted by Gasteiger charge is 2.37. The minimum absolute atomic E-state index is 0.0444. The molecule has 2 aromatic heterocycles. The van der Waals surface area contributed by atoms with Crippen LogP contribution in [0.1, 0.15) is 24.8 Å². The number of hydrogen-bond acceptors (Lipinski definition) is 7. The monoisotopic (exact) mass is 454 g/mol. The number of hydrogen-bond donors (Lipinski definition) is 0. The maximum atomic E-state index is 13.3. The van der Waals surface area contributed by atoms with E-state index < -0.39 is 5.92 Å². The van der Waals surface area contributed by atoms with Gasteiger partial charge in [0.05, 0.1) is 23.9 Å². The summed E-state index contributed by atoms with van der Waals surface area (Å²) in [6.07, 6.45) is 1.12. The Morgan fingerprint density at radius 3 is 2.78 bits per heavy atom. The van der Waals surface area contributed by atoms with Gasteiger partial charge in [0, 0.05) is 32.3 Å². The molecule has 9 heteroatoms. The molecule has 1 aliphatic heterocycles. The lowest BCUT2D eigenvalue weighted by Gasteiger charge is -2.24. The van der Waals surface area contributed by atoms with Gasteiger partial charge < -0.3 is 19.0 Å². The first-order valence-electron chi connectivity index (χ1n) is 10.6. The fourth-order valence-electron chi connectivity index (χ4n) is 3.74. The van der Waals surface area contributed by atoms with E-state index in [-0.39, 0.29) is 24.8 Å². The van der Waals surface area contributed by atoms with Crippen LogP contribution >= 0.6 is 11.3 Å². The van der Waals surface area contributed by atoms with Crippen molar-refractivity contribution < 1.29 is 18.7 Å². The molecule has 3 aromatic rings. The largest absolute Gasteiger partial charge is 0.418 e. The third kappa shape index (κ3) is 4.89. The Hall–Kier alpha value is -3.04. The number of carbonyl (C=O) groups is 2. The Balaban J connectivity index is 1.46. The number of amides is 2. The molecule has 2 amide bonds. The molecule has 8 nitrogen and oxygen atoms in total. The van der Waals surface area contributed by atoms with Gasteiger partial charge in [-0.1, -0.05) is 25.1 Å². The van der Waals surface area contributed by atoms with E-state index in [0.717, 1.165) is 17.0 Å². The summed E-state index contributed by atoms with van der Waals surface area (Å²) < 4.78 is 10.9. The van der Waals surface area contributed by atoms with Crippen LogP contribution < -0.4 is 4.90 Å². The summed E-state index contributed by atoms with van der Waals surface area (Å²) >= 11 is 1.51. The number of aromatic nitrogens is 2. The quantitative estimate of drug-likeness (QED) is 0.492. The summed E-state index contributed by atoms with van der Waals surface area (Å²) in [7, 11) is 1.59. The molecule has 32 heavy (non-hydrogen) atoms. The lowest BCUT2D eigenvalue weighted by molar-refractivity contribution is -0.137. The molecule has 0 aliphatic carbocycles. The molecule has 0 radical (unpaired) electrons. The molecule has 1 atom stereocenters. The average Bonchev–Trinajstić information content (AvgIpc) is 3.57. The number of methoxy groups -OCH3 is 1. The van der Waals surface area contributed by atoms with Gasteiger partial charge in [-0.3, -0.25) is 9.59 Å². The van der Waals surface area contributed by atoms with Gasteiger partial charge >= 0.3 is 0 Å². The number of rotatable bonds is 9. The fraction of sp³-hybridized carbons (Fsp3) is 0.391. The van der Waals surface area contributed by atoms with E-state index in [9.17, 15) is 9.59 Å². The van der Waals surface area contributed by atoms with Crippen molar-refractivity contribution in [2.45, 2.75) is 26.3 Å². The zero-order valence-electron chi connectivity index (χ0n) is 18.2. The predicted octanol–water partition coefficient (Wildman–Crippen LogP) is 3.39. The lowest BCUT2D eigenvalue weighted by atomic mass is 10.1. The number of thiophene rings is 1. The van der Waals surface area contributed by atoms with E-state index in [1.807, 2.05) is 41.8 Å². The van der Waals surface area contributed by atoms with E-state index in [1.54, 1.807) is 16.9 Å². The summed E-state index contributed by atoms with van der Waals surface area (Å²) in [5.74, 6) is 0.210. The topological polar surface area (TPSA) is 88.8 Å². The standard InChI is InChI=1S/C23H26N4O4S/c1-3-16-6-8-18(9-7-16)27-14-17(13-21(27)28)23(29)26(10-11-30-2)15-20-24-25-22(31-20)19-5-4-12-32-19/h4-9,12,17H,3,10-11,13-15H2,1-2H3/t17-/m0/s1. The van der Waals surface area contributed by atoms with Crippen LogP contribution in [0.2, 0.25) is 0 Å². The third-order valence-electron chi connectivity index (χ3n) is 5.53. The van der Waals surface area contributed by atoms with Crippen LogP contribution in [0.5, 0.6) is 0 Å². The zero-order valence-corrected chi connectivity index (χ0v) is 19.0. The fourth-order valence-corrected chi connectivity index (χ4v) is 4.39. The summed E-state index contributed by atoms with van der Waals surface area (Å²) in [5, 5.41) is 10.1. The smallest absolute Gasteiger partial charge is 0.257 e. The van der Waals surface area contributed by atoms with Gasteiger partial charge in [-0.2, -0.15) is 0 Å². The highest BCUT2D eigenvalue weighted by molar-refractivity contribution is 7.13.